The molecule has 0 aliphatic carbocycles. The SMILES string of the molecule is Cc1cnc(C(=O)Nc2ccc(OC3CCN(C)CC3)cc2)cn1. The largest absolute Gasteiger partial charge is 0.490 e. The molecule has 1 aromatic carbocycles. The topological polar surface area (TPSA) is 67.3 Å². The van der Waals surface area contributed by atoms with Crippen LogP contribution in [0.1, 0.15) is 29.0 Å². The molecule has 6 heteroatoms. The number of likely N-dealkylation sites (tertiary alicyclic amines) is 1. The molecule has 0 spiro atoms. The summed E-state index contributed by atoms with van der Waals surface area (Å²) in [6, 6.07) is 7.44. The van der Waals surface area contributed by atoms with E-state index in [0.29, 0.717) is 11.4 Å². The summed E-state index contributed by atoms with van der Waals surface area (Å²) in [4.78, 5) is 22.6. The number of benzene rings is 1. The molecule has 0 saturated carbocycles. The summed E-state index contributed by atoms with van der Waals surface area (Å²) in [5.41, 5.74) is 1.78. The molecule has 1 saturated heterocycles. The van der Waals surface area contributed by atoms with E-state index in [9.17, 15) is 4.79 Å². The Labute approximate surface area is 141 Å². The van der Waals surface area contributed by atoms with Gasteiger partial charge in [0.15, 0.2) is 0 Å². The van der Waals surface area contributed by atoms with Crippen LogP contribution in [0.25, 0.3) is 0 Å². The van der Waals surface area contributed by atoms with Gasteiger partial charge in [-0.2, -0.15) is 0 Å². The third-order valence-electron chi connectivity index (χ3n) is 4.09. The number of aryl methyl sites for hydroxylation is 1. The quantitative estimate of drug-likeness (QED) is 0.935. The van der Waals surface area contributed by atoms with E-state index < -0.39 is 0 Å². The lowest BCUT2D eigenvalue weighted by Crippen LogP contribution is -2.35. The fourth-order valence-electron chi connectivity index (χ4n) is 2.62. The molecule has 24 heavy (non-hydrogen) atoms. The first kappa shape index (κ1) is 16.4. The normalized spacial score (nSPS) is 15.9. The zero-order chi connectivity index (χ0) is 16.9. The van der Waals surface area contributed by atoms with Crippen LogP contribution in [-0.2, 0) is 0 Å². The van der Waals surface area contributed by atoms with Crippen molar-refractivity contribution in [2.75, 3.05) is 25.5 Å². The lowest BCUT2D eigenvalue weighted by Gasteiger charge is -2.29. The molecule has 0 radical (unpaired) electrons. The molecule has 1 N–H and O–H groups in total. The third-order valence-corrected chi connectivity index (χ3v) is 4.09. The molecule has 0 atom stereocenters. The van der Waals surface area contributed by atoms with Gasteiger partial charge in [0, 0.05) is 25.0 Å². The first-order valence-corrected chi connectivity index (χ1v) is 8.15. The van der Waals surface area contributed by atoms with Gasteiger partial charge in [-0.25, -0.2) is 4.98 Å². The second kappa shape index (κ2) is 7.40. The van der Waals surface area contributed by atoms with Crippen molar-refractivity contribution in [1.29, 1.82) is 0 Å². The van der Waals surface area contributed by atoms with Crippen molar-refractivity contribution in [2.24, 2.45) is 0 Å². The lowest BCUT2D eigenvalue weighted by molar-refractivity contribution is 0.102. The average Bonchev–Trinajstić information content (AvgIpc) is 2.59. The highest BCUT2D eigenvalue weighted by molar-refractivity contribution is 6.02. The zero-order valence-electron chi connectivity index (χ0n) is 14.0. The highest BCUT2D eigenvalue weighted by Gasteiger charge is 2.18. The van der Waals surface area contributed by atoms with Gasteiger partial charge in [-0.1, -0.05) is 0 Å². The number of rotatable bonds is 4. The Morgan fingerprint density at radius 1 is 1.17 bits per heavy atom. The first-order valence-electron chi connectivity index (χ1n) is 8.15. The predicted molar refractivity (Wildman–Crippen MR) is 92.3 cm³/mol. The summed E-state index contributed by atoms with van der Waals surface area (Å²) in [7, 11) is 2.13. The molecule has 1 fully saturated rings. The molecule has 6 nitrogen and oxygen atoms in total. The van der Waals surface area contributed by atoms with Crippen LogP contribution in [-0.4, -0.2) is 47.0 Å². The van der Waals surface area contributed by atoms with E-state index in [1.807, 2.05) is 31.2 Å². The summed E-state index contributed by atoms with van der Waals surface area (Å²) < 4.78 is 6.00. The van der Waals surface area contributed by atoms with E-state index in [4.69, 9.17) is 4.74 Å². The molecule has 1 aliphatic heterocycles. The first-order chi connectivity index (χ1) is 11.6. The fraction of sp³-hybridized carbons (Fsp3) is 0.389. The Kier molecular flexibility index (Phi) is 5.05. The van der Waals surface area contributed by atoms with Gasteiger partial charge >= 0.3 is 0 Å². The molecule has 2 aromatic rings. The summed E-state index contributed by atoms with van der Waals surface area (Å²) in [6.07, 6.45) is 5.40. The van der Waals surface area contributed by atoms with Crippen LogP contribution in [0.15, 0.2) is 36.7 Å². The highest BCUT2D eigenvalue weighted by atomic mass is 16.5. The average molecular weight is 326 g/mol. The minimum atomic E-state index is -0.272. The monoisotopic (exact) mass is 326 g/mol. The smallest absolute Gasteiger partial charge is 0.275 e. The molecule has 126 valence electrons. The third kappa shape index (κ3) is 4.29. The summed E-state index contributed by atoms with van der Waals surface area (Å²) in [5.74, 6) is 0.559. The van der Waals surface area contributed by atoms with Crippen molar-refractivity contribution >= 4 is 11.6 Å². The Balaban J connectivity index is 1.56. The molecule has 1 amide bonds. The van der Waals surface area contributed by atoms with Crippen molar-refractivity contribution in [3.63, 3.8) is 0 Å². The van der Waals surface area contributed by atoms with Crippen molar-refractivity contribution < 1.29 is 9.53 Å². The molecule has 1 aromatic heterocycles. The van der Waals surface area contributed by atoms with Gasteiger partial charge < -0.3 is 15.0 Å². The van der Waals surface area contributed by atoms with Gasteiger partial charge in [0.1, 0.15) is 17.5 Å². The Morgan fingerprint density at radius 3 is 2.50 bits per heavy atom. The molecule has 0 bridgehead atoms. The standard InChI is InChI=1S/C18H22N4O2/c1-13-11-20-17(12-19-13)18(23)21-14-3-5-15(6-4-14)24-16-7-9-22(2)10-8-16/h3-6,11-12,16H,7-10H2,1-2H3,(H,21,23). The van der Waals surface area contributed by atoms with Gasteiger partial charge in [0.25, 0.3) is 5.91 Å². The number of hydrogen-bond donors (Lipinski definition) is 1. The Morgan fingerprint density at radius 2 is 1.88 bits per heavy atom. The van der Waals surface area contributed by atoms with Gasteiger partial charge in [0.05, 0.1) is 11.9 Å². The maximum Gasteiger partial charge on any atom is 0.275 e. The minimum Gasteiger partial charge on any atom is -0.490 e. The summed E-state index contributed by atoms with van der Waals surface area (Å²) >= 11 is 0. The van der Waals surface area contributed by atoms with Gasteiger partial charge in [-0.15, -0.1) is 0 Å². The molecule has 1 aliphatic rings. The van der Waals surface area contributed by atoms with Crippen molar-refractivity contribution in [3.05, 3.63) is 48.0 Å². The number of amides is 1. The molecular formula is C18H22N4O2. The van der Waals surface area contributed by atoms with Crippen LogP contribution in [0.3, 0.4) is 0 Å². The lowest BCUT2D eigenvalue weighted by atomic mass is 10.1. The Bertz CT molecular complexity index is 677. The fourth-order valence-corrected chi connectivity index (χ4v) is 2.62. The number of carbonyl (C=O) groups is 1. The van der Waals surface area contributed by atoms with E-state index in [2.05, 4.69) is 27.2 Å². The number of aromatic nitrogens is 2. The van der Waals surface area contributed by atoms with Gasteiger partial charge in [0.2, 0.25) is 0 Å². The van der Waals surface area contributed by atoms with Crippen LogP contribution in [0.2, 0.25) is 0 Å². The molecular weight excluding hydrogens is 304 g/mol. The van der Waals surface area contributed by atoms with Crippen LogP contribution in [0.4, 0.5) is 5.69 Å². The van der Waals surface area contributed by atoms with Crippen molar-refractivity contribution in [1.82, 2.24) is 14.9 Å². The summed E-state index contributed by atoms with van der Waals surface area (Å²) in [5, 5.41) is 2.81. The van der Waals surface area contributed by atoms with Crippen molar-refractivity contribution in [3.8, 4) is 5.75 Å². The highest BCUT2D eigenvalue weighted by Crippen LogP contribution is 2.21. The summed E-state index contributed by atoms with van der Waals surface area (Å²) in [6.45, 7) is 3.96. The van der Waals surface area contributed by atoms with Crippen molar-refractivity contribution in [2.45, 2.75) is 25.9 Å². The van der Waals surface area contributed by atoms with E-state index in [0.717, 1.165) is 37.4 Å². The van der Waals surface area contributed by atoms with Crippen LogP contribution >= 0.6 is 0 Å². The number of anilines is 1. The number of nitrogens with zero attached hydrogens (tertiary/aromatic N) is 3. The second-order valence-electron chi connectivity index (χ2n) is 6.14. The molecule has 0 unspecified atom stereocenters. The maximum atomic E-state index is 12.1. The number of ether oxygens (including phenoxy) is 1. The van der Waals surface area contributed by atoms with Gasteiger partial charge in [-0.3, -0.25) is 9.78 Å². The van der Waals surface area contributed by atoms with Crippen LogP contribution in [0, 0.1) is 6.92 Å². The van der Waals surface area contributed by atoms with E-state index >= 15 is 0 Å². The predicted octanol–water partition coefficient (Wildman–Crippen LogP) is 2.51. The van der Waals surface area contributed by atoms with E-state index in [-0.39, 0.29) is 12.0 Å². The maximum absolute atomic E-state index is 12.1. The van der Waals surface area contributed by atoms with Crippen LogP contribution < -0.4 is 10.1 Å². The second-order valence-corrected chi connectivity index (χ2v) is 6.14. The number of piperidine rings is 1. The zero-order valence-corrected chi connectivity index (χ0v) is 14.0. The van der Waals surface area contributed by atoms with Crippen LogP contribution in [0.5, 0.6) is 5.75 Å². The number of hydrogen-bond acceptors (Lipinski definition) is 5. The number of carbonyl (C=O) groups excluding carboxylic acids is 1. The Hall–Kier alpha value is -2.47. The van der Waals surface area contributed by atoms with Gasteiger partial charge in [-0.05, 0) is 51.1 Å². The minimum absolute atomic E-state index is 0.268. The molecule has 2 heterocycles. The van der Waals surface area contributed by atoms with E-state index in [1.54, 1.807) is 6.20 Å². The van der Waals surface area contributed by atoms with E-state index in [1.165, 1.54) is 6.20 Å². The molecule has 3 rings (SSSR count). The number of nitrogens with one attached hydrogen (secondary N) is 1.